The number of alkyl halides is 4. The number of nitrogens with zero attached hydrogens (tertiary/aromatic N) is 1. The van der Waals surface area contributed by atoms with Crippen molar-refractivity contribution in [1.82, 2.24) is 0 Å². The van der Waals surface area contributed by atoms with Crippen LogP contribution in [0.1, 0.15) is 0 Å². The zero-order valence-electron chi connectivity index (χ0n) is 12.9. The van der Waals surface area contributed by atoms with Crippen LogP contribution in [0.5, 0.6) is 5.75 Å². The monoisotopic (exact) mass is 441 g/mol. The van der Waals surface area contributed by atoms with E-state index >= 15 is 0 Å². The van der Waals surface area contributed by atoms with Gasteiger partial charge in [-0.15, -0.1) is 23.2 Å². The molecule has 2 amide bonds. The minimum absolute atomic E-state index is 0.186. The molecule has 0 radical (unpaired) electrons. The highest BCUT2D eigenvalue weighted by molar-refractivity contribution is 6.54. The van der Waals surface area contributed by atoms with Crippen LogP contribution in [0.25, 0.3) is 0 Å². The van der Waals surface area contributed by atoms with E-state index < -0.39 is 49.4 Å². The topological polar surface area (TPSA) is 46.6 Å². The van der Waals surface area contributed by atoms with Gasteiger partial charge < -0.3 is 4.74 Å². The first-order valence-corrected chi connectivity index (χ1v) is 8.90. The number of carbonyl (C=O) groups is 2. The summed E-state index contributed by atoms with van der Waals surface area (Å²) in [6, 6.07) is 5.96. The Morgan fingerprint density at radius 3 is 1.77 bits per heavy atom. The number of allylic oxidation sites excluding steroid dienone is 2. The Bertz CT molecular complexity index is 844. The van der Waals surface area contributed by atoms with Gasteiger partial charge in [-0.3, -0.25) is 9.59 Å². The van der Waals surface area contributed by atoms with E-state index in [2.05, 4.69) is 0 Å². The largest absolute Gasteiger partial charge is 0.497 e. The minimum Gasteiger partial charge on any atom is -0.497 e. The van der Waals surface area contributed by atoms with Crippen molar-refractivity contribution in [1.29, 1.82) is 0 Å². The summed E-state index contributed by atoms with van der Waals surface area (Å²) in [4.78, 5) is 21.3. The Balaban J connectivity index is 1.86. The molecule has 1 heterocycles. The maximum atomic E-state index is 14.9. The summed E-state index contributed by atoms with van der Waals surface area (Å²) in [6.45, 7) is 0. The van der Waals surface area contributed by atoms with Crippen molar-refractivity contribution in [2.45, 2.75) is 15.7 Å². The minimum atomic E-state index is -3.87. The van der Waals surface area contributed by atoms with Crippen LogP contribution in [0.4, 0.5) is 14.5 Å². The first-order valence-electron chi connectivity index (χ1n) is 7.38. The quantitative estimate of drug-likeness (QED) is 0.511. The number of hydrogen-bond donors (Lipinski definition) is 0. The fourth-order valence-electron chi connectivity index (χ4n) is 3.98. The predicted molar refractivity (Wildman–Crippen MR) is 93.3 cm³/mol. The molecule has 4 rings (SSSR count). The molecule has 4 atom stereocenters. The van der Waals surface area contributed by atoms with Gasteiger partial charge in [0.1, 0.15) is 5.75 Å². The molecule has 1 aliphatic heterocycles. The van der Waals surface area contributed by atoms with Crippen LogP contribution in [0.2, 0.25) is 0 Å². The number of ether oxygens (including phenoxy) is 1. The maximum absolute atomic E-state index is 14.9. The average Bonchev–Trinajstić information content (AvgIpc) is 3.00. The molecule has 10 heteroatoms. The molecule has 2 bridgehead atoms. The number of imide groups is 1. The first kappa shape index (κ1) is 18.3. The average molecular weight is 443 g/mol. The molecule has 1 aromatic carbocycles. The van der Waals surface area contributed by atoms with E-state index in [9.17, 15) is 18.4 Å². The van der Waals surface area contributed by atoms with Crippen LogP contribution < -0.4 is 9.64 Å². The number of methoxy groups -OCH3 is 1. The second kappa shape index (κ2) is 5.25. The number of rotatable bonds is 2. The molecule has 3 aliphatic rings. The van der Waals surface area contributed by atoms with E-state index in [0.717, 1.165) is 4.90 Å². The van der Waals surface area contributed by atoms with E-state index in [0.29, 0.717) is 5.75 Å². The SMILES string of the molecule is COc1ccc(N2C(=O)[C@@H]3[C@H](C2=O)[C@]2(Cl)C(Cl)=C(Cl)[C@@]3(Cl)C2(F)F)cc1. The molecule has 0 unspecified atom stereocenters. The molecular formula is C16H9Cl4F2NO3. The summed E-state index contributed by atoms with van der Waals surface area (Å²) in [5, 5.41) is -1.19. The maximum Gasteiger partial charge on any atom is 0.297 e. The summed E-state index contributed by atoms with van der Waals surface area (Å²) < 4.78 is 34.9. The van der Waals surface area contributed by atoms with Gasteiger partial charge in [0.15, 0.2) is 9.75 Å². The van der Waals surface area contributed by atoms with E-state index in [1.54, 1.807) is 0 Å². The van der Waals surface area contributed by atoms with Crippen molar-refractivity contribution < 1.29 is 23.1 Å². The standard InChI is InChI=1S/C16H9Cl4F2NO3/c1-26-7-4-2-6(3-5-7)23-12(24)8-9(13(23)25)15(20)11(18)10(17)14(8,19)16(15,21)22/h2-5,8-9H,1H3/t8-,9+,14+,15-. The molecule has 26 heavy (non-hydrogen) atoms. The van der Waals surface area contributed by atoms with Crippen molar-refractivity contribution in [2.24, 2.45) is 11.8 Å². The molecule has 0 N–H and O–H groups in total. The third-order valence-corrected chi connectivity index (χ3v) is 7.83. The lowest BCUT2D eigenvalue weighted by Crippen LogP contribution is -2.51. The van der Waals surface area contributed by atoms with Gasteiger partial charge >= 0.3 is 0 Å². The highest BCUT2D eigenvalue weighted by atomic mass is 35.5. The number of carbonyl (C=O) groups excluding carboxylic acids is 2. The normalized spacial score (nSPS) is 37.6. The van der Waals surface area contributed by atoms with Crippen LogP contribution in [-0.4, -0.2) is 34.6 Å². The van der Waals surface area contributed by atoms with Gasteiger partial charge in [-0.2, -0.15) is 0 Å². The third-order valence-electron chi connectivity index (χ3n) is 5.24. The molecule has 2 fully saturated rings. The number of benzene rings is 1. The van der Waals surface area contributed by atoms with E-state index in [1.807, 2.05) is 0 Å². The Kier molecular flexibility index (Phi) is 3.69. The highest BCUT2D eigenvalue weighted by Crippen LogP contribution is 2.76. The lowest BCUT2D eigenvalue weighted by Gasteiger charge is -2.31. The summed E-state index contributed by atoms with van der Waals surface area (Å²) in [5.41, 5.74) is 0.186. The summed E-state index contributed by atoms with van der Waals surface area (Å²) in [7, 11) is 1.45. The predicted octanol–water partition coefficient (Wildman–Crippen LogP) is 4.11. The Hall–Kier alpha value is -1.08. The zero-order chi connectivity index (χ0) is 19.2. The number of fused-ring (bicyclic) bond motifs is 5. The van der Waals surface area contributed by atoms with Crippen molar-refractivity contribution >= 4 is 63.9 Å². The van der Waals surface area contributed by atoms with Crippen molar-refractivity contribution in [3.05, 3.63) is 34.3 Å². The van der Waals surface area contributed by atoms with E-state index in [4.69, 9.17) is 51.1 Å². The summed E-state index contributed by atoms with van der Waals surface area (Å²) in [6.07, 6.45) is 0. The highest BCUT2D eigenvalue weighted by Gasteiger charge is 2.90. The zero-order valence-corrected chi connectivity index (χ0v) is 15.9. The Morgan fingerprint density at radius 2 is 1.38 bits per heavy atom. The first-order chi connectivity index (χ1) is 12.0. The number of hydrogen-bond acceptors (Lipinski definition) is 3. The van der Waals surface area contributed by atoms with Gasteiger partial charge in [0.25, 0.3) is 5.92 Å². The number of halogens is 6. The molecule has 1 saturated carbocycles. The molecule has 1 saturated heterocycles. The molecular weight excluding hydrogens is 434 g/mol. The van der Waals surface area contributed by atoms with Crippen LogP contribution in [0.3, 0.4) is 0 Å². The lowest BCUT2D eigenvalue weighted by atomic mass is 9.84. The van der Waals surface area contributed by atoms with Crippen LogP contribution in [-0.2, 0) is 9.59 Å². The molecule has 4 nitrogen and oxygen atoms in total. The second-order valence-corrected chi connectivity index (χ2v) is 8.24. The molecule has 0 spiro atoms. The Labute approximate surface area is 166 Å². The van der Waals surface area contributed by atoms with Gasteiger partial charge in [-0.05, 0) is 24.3 Å². The summed E-state index contributed by atoms with van der Waals surface area (Å²) >= 11 is 24.2. The van der Waals surface area contributed by atoms with E-state index in [-0.39, 0.29) is 5.69 Å². The van der Waals surface area contributed by atoms with Crippen LogP contribution in [0.15, 0.2) is 34.3 Å². The molecule has 1 aromatic rings. The molecule has 2 aliphatic carbocycles. The fraction of sp³-hybridized carbons (Fsp3) is 0.375. The van der Waals surface area contributed by atoms with Gasteiger partial charge in [0.2, 0.25) is 11.8 Å². The lowest BCUT2D eigenvalue weighted by molar-refractivity contribution is -0.125. The second-order valence-electron chi connectivity index (χ2n) is 6.29. The van der Waals surface area contributed by atoms with Crippen molar-refractivity contribution in [3.8, 4) is 5.75 Å². The van der Waals surface area contributed by atoms with Crippen LogP contribution >= 0.6 is 46.4 Å². The third kappa shape index (κ3) is 1.68. The smallest absolute Gasteiger partial charge is 0.297 e. The van der Waals surface area contributed by atoms with Gasteiger partial charge in [-0.25, -0.2) is 13.7 Å². The number of amides is 2. The van der Waals surface area contributed by atoms with Crippen LogP contribution in [0, 0.1) is 11.8 Å². The van der Waals surface area contributed by atoms with Crippen molar-refractivity contribution in [3.63, 3.8) is 0 Å². The van der Waals surface area contributed by atoms with Gasteiger partial charge in [0.05, 0.1) is 34.7 Å². The van der Waals surface area contributed by atoms with Gasteiger partial charge in [0, 0.05) is 0 Å². The molecule has 138 valence electrons. The van der Waals surface area contributed by atoms with Gasteiger partial charge in [-0.1, -0.05) is 23.2 Å². The summed E-state index contributed by atoms with van der Waals surface area (Å²) in [5.74, 6) is -8.42. The van der Waals surface area contributed by atoms with E-state index in [1.165, 1.54) is 31.4 Å². The fourth-order valence-corrected chi connectivity index (χ4v) is 5.82. The molecule has 0 aromatic heterocycles. The number of anilines is 1. The van der Waals surface area contributed by atoms with Crippen molar-refractivity contribution in [2.75, 3.05) is 12.0 Å². The Morgan fingerprint density at radius 1 is 0.962 bits per heavy atom.